The molecule has 5 heteroatoms. The predicted octanol–water partition coefficient (Wildman–Crippen LogP) is 2.13. The first-order valence-electron chi connectivity index (χ1n) is 6.22. The second-order valence-electron chi connectivity index (χ2n) is 4.56. The number of carbonyl (C=O) groups is 2. The molecule has 1 fully saturated rings. The van der Waals surface area contributed by atoms with Crippen LogP contribution in [0.4, 0.5) is 10.5 Å². The monoisotopic (exact) mass is 257 g/mol. The lowest BCUT2D eigenvalue weighted by Crippen LogP contribution is -2.37. The molecule has 5 nitrogen and oxygen atoms in total. The van der Waals surface area contributed by atoms with Crippen LogP contribution in [0.1, 0.15) is 25.8 Å². The first-order chi connectivity index (χ1) is 9.08. The minimum absolute atomic E-state index is 0.0283. The molecule has 1 unspecified atom stereocenters. The molecule has 19 heavy (non-hydrogen) atoms. The molecule has 0 N–H and O–H groups in total. The van der Waals surface area contributed by atoms with Gasteiger partial charge in [0, 0.05) is 6.04 Å². The quantitative estimate of drug-likeness (QED) is 0.779. The van der Waals surface area contributed by atoms with E-state index in [-0.39, 0.29) is 24.5 Å². The van der Waals surface area contributed by atoms with Crippen LogP contribution in [0.5, 0.6) is 0 Å². The predicted molar refractivity (Wildman–Crippen MR) is 70.5 cm³/mol. The van der Waals surface area contributed by atoms with Crippen molar-refractivity contribution in [1.29, 1.82) is 5.26 Å². The lowest BCUT2D eigenvalue weighted by Gasteiger charge is -2.22. The van der Waals surface area contributed by atoms with Crippen LogP contribution in [0.15, 0.2) is 24.3 Å². The van der Waals surface area contributed by atoms with E-state index in [2.05, 4.69) is 0 Å². The summed E-state index contributed by atoms with van der Waals surface area (Å²) >= 11 is 0. The summed E-state index contributed by atoms with van der Waals surface area (Å²) in [4.78, 5) is 27.0. The summed E-state index contributed by atoms with van der Waals surface area (Å²) < 4.78 is 0. The number of hydrogen-bond acceptors (Lipinski definition) is 3. The largest absolute Gasteiger partial charge is 0.332 e. The Balaban J connectivity index is 2.32. The van der Waals surface area contributed by atoms with Gasteiger partial charge in [0.25, 0.3) is 5.91 Å². The third-order valence-corrected chi connectivity index (χ3v) is 3.35. The average molecular weight is 257 g/mol. The van der Waals surface area contributed by atoms with E-state index in [1.165, 1.54) is 0 Å². The third kappa shape index (κ3) is 2.29. The van der Waals surface area contributed by atoms with E-state index in [0.717, 1.165) is 11.3 Å². The fourth-order valence-electron chi connectivity index (χ4n) is 2.05. The van der Waals surface area contributed by atoms with Gasteiger partial charge in [0.1, 0.15) is 6.54 Å². The first kappa shape index (κ1) is 13.1. The lowest BCUT2D eigenvalue weighted by atomic mass is 10.2. The van der Waals surface area contributed by atoms with Gasteiger partial charge in [0.05, 0.1) is 17.3 Å². The van der Waals surface area contributed by atoms with Crippen LogP contribution in [0.2, 0.25) is 0 Å². The molecule has 0 radical (unpaired) electrons. The van der Waals surface area contributed by atoms with Crippen molar-refractivity contribution in [3.63, 3.8) is 0 Å². The van der Waals surface area contributed by atoms with E-state index in [1.807, 2.05) is 19.9 Å². The molecule has 1 aliphatic heterocycles. The molecule has 1 aliphatic rings. The lowest BCUT2D eigenvalue weighted by molar-refractivity contribution is -0.116. The van der Waals surface area contributed by atoms with Crippen LogP contribution in [-0.2, 0) is 4.79 Å². The molecule has 98 valence electrons. The van der Waals surface area contributed by atoms with Crippen molar-refractivity contribution in [2.75, 3.05) is 11.4 Å². The van der Waals surface area contributed by atoms with E-state index in [4.69, 9.17) is 5.26 Å². The highest BCUT2D eigenvalue weighted by atomic mass is 16.2. The second kappa shape index (κ2) is 5.11. The van der Waals surface area contributed by atoms with Gasteiger partial charge in [-0.25, -0.2) is 9.69 Å². The molecule has 1 atom stereocenters. The number of nitrogens with zero attached hydrogens (tertiary/aromatic N) is 3. The summed E-state index contributed by atoms with van der Waals surface area (Å²) in [7, 11) is 0. The zero-order chi connectivity index (χ0) is 14.0. The summed E-state index contributed by atoms with van der Waals surface area (Å²) in [6, 6.07) is 8.24. The van der Waals surface area contributed by atoms with Crippen molar-refractivity contribution >= 4 is 17.6 Å². The smallest absolute Gasteiger partial charge is 0.312 e. The molecule has 0 spiro atoms. The standard InChI is InChI=1S/C14H15N3O2/c1-3-10(2)16-9-13(18)17(14(16)19)12-6-4-5-11(7-12)8-15/h4-7,10H,3,9H2,1-2H3. The van der Waals surface area contributed by atoms with Gasteiger partial charge in [-0.3, -0.25) is 4.79 Å². The number of nitriles is 1. The summed E-state index contributed by atoms with van der Waals surface area (Å²) in [5.41, 5.74) is 0.889. The Hall–Kier alpha value is -2.35. The van der Waals surface area contributed by atoms with Gasteiger partial charge in [-0.2, -0.15) is 5.26 Å². The van der Waals surface area contributed by atoms with Crippen molar-refractivity contribution in [2.24, 2.45) is 0 Å². The van der Waals surface area contributed by atoms with Crippen LogP contribution in [0.3, 0.4) is 0 Å². The molecular weight excluding hydrogens is 242 g/mol. The van der Waals surface area contributed by atoms with E-state index in [0.29, 0.717) is 11.3 Å². The highest BCUT2D eigenvalue weighted by Crippen LogP contribution is 2.24. The zero-order valence-electron chi connectivity index (χ0n) is 11.0. The van der Waals surface area contributed by atoms with Crippen LogP contribution in [0, 0.1) is 11.3 Å². The molecule has 0 saturated carbocycles. The Labute approximate surface area is 112 Å². The van der Waals surface area contributed by atoms with Crippen LogP contribution in [0.25, 0.3) is 0 Å². The molecule has 1 heterocycles. The van der Waals surface area contributed by atoms with E-state index >= 15 is 0 Å². The topological polar surface area (TPSA) is 64.4 Å². The second-order valence-corrected chi connectivity index (χ2v) is 4.56. The Morgan fingerprint density at radius 3 is 2.79 bits per heavy atom. The molecular formula is C14H15N3O2. The fraction of sp³-hybridized carbons (Fsp3) is 0.357. The summed E-state index contributed by atoms with van der Waals surface area (Å²) in [6.07, 6.45) is 0.797. The van der Waals surface area contributed by atoms with Crippen LogP contribution < -0.4 is 4.90 Å². The molecule has 2 rings (SSSR count). The zero-order valence-corrected chi connectivity index (χ0v) is 11.0. The van der Waals surface area contributed by atoms with Gasteiger partial charge in [-0.15, -0.1) is 0 Å². The van der Waals surface area contributed by atoms with Crippen LogP contribution in [-0.4, -0.2) is 29.4 Å². The number of amides is 3. The van der Waals surface area contributed by atoms with E-state index < -0.39 is 0 Å². The molecule has 1 aromatic carbocycles. The number of carbonyl (C=O) groups excluding carboxylic acids is 2. The number of benzene rings is 1. The maximum absolute atomic E-state index is 12.3. The van der Waals surface area contributed by atoms with Gasteiger partial charge >= 0.3 is 6.03 Å². The molecule has 3 amide bonds. The highest BCUT2D eigenvalue weighted by molar-refractivity contribution is 6.19. The average Bonchev–Trinajstić information content (AvgIpc) is 2.73. The minimum Gasteiger partial charge on any atom is -0.312 e. The molecule has 1 aromatic rings. The number of anilines is 1. The SMILES string of the molecule is CCC(C)N1CC(=O)N(c2cccc(C#N)c2)C1=O. The maximum atomic E-state index is 12.3. The molecule has 0 aliphatic carbocycles. The van der Waals surface area contributed by atoms with Crippen molar-refractivity contribution < 1.29 is 9.59 Å². The van der Waals surface area contributed by atoms with E-state index in [1.54, 1.807) is 29.2 Å². The van der Waals surface area contributed by atoms with Crippen molar-refractivity contribution in [3.05, 3.63) is 29.8 Å². The minimum atomic E-state index is -0.311. The Morgan fingerprint density at radius 1 is 1.42 bits per heavy atom. The molecule has 1 saturated heterocycles. The maximum Gasteiger partial charge on any atom is 0.332 e. The van der Waals surface area contributed by atoms with Crippen molar-refractivity contribution in [2.45, 2.75) is 26.3 Å². The summed E-state index contributed by atoms with van der Waals surface area (Å²) in [5.74, 6) is -0.250. The van der Waals surface area contributed by atoms with Crippen LogP contribution >= 0.6 is 0 Å². The number of rotatable bonds is 3. The van der Waals surface area contributed by atoms with Crippen molar-refractivity contribution in [3.8, 4) is 6.07 Å². The molecule has 0 aromatic heterocycles. The Bertz CT molecular complexity index is 562. The number of imide groups is 1. The summed E-state index contributed by atoms with van der Waals surface area (Å²) in [6.45, 7) is 3.99. The first-order valence-corrected chi connectivity index (χ1v) is 6.22. The normalized spacial score (nSPS) is 16.7. The summed E-state index contributed by atoms with van der Waals surface area (Å²) in [5, 5.41) is 8.87. The highest BCUT2D eigenvalue weighted by Gasteiger charge is 2.38. The van der Waals surface area contributed by atoms with Gasteiger partial charge in [0.15, 0.2) is 0 Å². The fourth-order valence-corrected chi connectivity index (χ4v) is 2.05. The van der Waals surface area contributed by atoms with Crippen molar-refractivity contribution in [1.82, 2.24) is 4.90 Å². The van der Waals surface area contributed by atoms with Gasteiger partial charge in [-0.1, -0.05) is 13.0 Å². The number of hydrogen-bond donors (Lipinski definition) is 0. The van der Waals surface area contributed by atoms with Gasteiger partial charge < -0.3 is 4.90 Å². The Morgan fingerprint density at radius 2 is 2.16 bits per heavy atom. The Kier molecular flexibility index (Phi) is 3.52. The van der Waals surface area contributed by atoms with Gasteiger partial charge in [0.2, 0.25) is 0 Å². The van der Waals surface area contributed by atoms with E-state index in [9.17, 15) is 9.59 Å². The number of urea groups is 1. The third-order valence-electron chi connectivity index (χ3n) is 3.35. The molecule has 0 bridgehead atoms. The van der Waals surface area contributed by atoms with Gasteiger partial charge in [-0.05, 0) is 31.5 Å².